The summed E-state index contributed by atoms with van der Waals surface area (Å²) in [5, 5.41) is 5.04. The molecular weight excluding hydrogens is 412 g/mol. The maximum atomic E-state index is 6.34. The Morgan fingerprint density at radius 2 is 1.87 bits per heavy atom. The zero-order valence-electron chi connectivity index (χ0n) is 18.0. The summed E-state index contributed by atoms with van der Waals surface area (Å²) in [6.07, 6.45) is 1.84. The molecule has 2 atom stereocenters. The number of nitrogens with one attached hydrogen (secondary N) is 1. The van der Waals surface area contributed by atoms with E-state index >= 15 is 0 Å². The first-order valence-electron chi connectivity index (χ1n) is 10.2. The molecule has 2 aromatic heterocycles. The molecule has 3 heterocycles. The van der Waals surface area contributed by atoms with Gasteiger partial charge in [-0.3, -0.25) is 4.98 Å². The first kappa shape index (κ1) is 20.9. The van der Waals surface area contributed by atoms with Gasteiger partial charge in [0, 0.05) is 34.3 Å². The smallest absolute Gasteiger partial charge is 0.170 e. The molecule has 4 nitrogen and oxygen atoms in total. The number of hydrogen-bond acceptors (Lipinski definition) is 2. The van der Waals surface area contributed by atoms with E-state index in [1.165, 1.54) is 22.5 Å². The molecule has 0 aliphatic carbocycles. The van der Waals surface area contributed by atoms with Gasteiger partial charge in [0.2, 0.25) is 0 Å². The van der Waals surface area contributed by atoms with Gasteiger partial charge in [-0.25, -0.2) is 0 Å². The number of thiocarbonyl (C=S) groups is 1. The first-order valence-corrected chi connectivity index (χ1v) is 11.0. The van der Waals surface area contributed by atoms with Gasteiger partial charge in [-0.05, 0) is 88.3 Å². The summed E-state index contributed by atoms with van der Waals surface area (Å²) in [5.41, 5.74) is 6.92. The Labute approximate surface area is 188 Å². The highest BCUT2D eigenvalue weighted by molar-refractivity contribution is 7.80. The minimum Gasteiger partial charge on any atom is -0.352 e. The average molecular weight is 439 g/mol. The molecule has 6 heteroatoms. The molecule has 0 bridgehead atoms. The fraction of sp³-hybridized carbons (Fsp3) is 0.333. The number of hydrogen-bond donors (Lipinski definition) is 1. The van der Waals surface area contributed by atoms with Crippen LogP contribution < -0.4 is 5.32 Å². The second kappa shape index (κ2) is 8.05. The van der Waals surface area contributed by atoms with E-state index in [9.17, 15) is 0 Å². The Morgan fingerprint density at radius 1 is 1.10 bits per heavy atom. The number of pyridine rings is 1. The fourth-order valence-corrected chi connectivity index (χ4v) is 5.15. The Hall–Kier alpha value is -2.37. The predicted molar refractivity (Wildman–Crippen MR) is 127 cm³/mol. The van der Waals surface area contributed by atoms with Crippen LogP contribution in [0.3, 0.4) is 0 Å². The van der Waals surface area contributed by atoms with Gasteiger partial charge >= 0.3 is 0 Å². The average Bonchev–Trinajstić information content (AvgIpc) is 3.20. The van der Waals surface area contributed by atoms with E-state index in [-0.39, 0.29) is 18.1 Å². The maximum absolute atomic E-state index is 6.34. The van der Waals surface area contributed by atoms with Gasteiger partial charge in [-0.1, -0.05) is 23.7 Å². The SMILES string of the molecule is Cc1ccc(Cl)cc1-n1c(C)cc(C2C(c3ccccn3)NC(=S)N2C(C)C)c1C. The fourth-order valence-electron chi connectivity index (χ4n) is 4.54. The molecule has 156 valence electrons. The topological polar surface area (TPSA) is 33.1 Å². The minimum atomic E-state index is -0.00416. The molecule has 30 heavy (non-hydrogen) atoms. The van der Waals surface area contributed by atoms with Crippen LogP contribution in [-0.2, 0) is 0 Å². The van der Waals surface area contributed by atoms with Crippen LogP contribution in [0.4, 0.5) is 0 Å². The van der Waals surface area contributed by atoms with Crippen molar-refractivity contribution in [1.82, 2.24) is 19.8 Å². The van der Waals surface area contributed by atoms with Gasteiger partial charge < -0.3 is 14.8 Å². The summed E-state index contributed by atoms with van der Waals surface area (Å²) in [4.78, 5) is 6.93. The summed E-state index contributed by atoms with van der Waals surface area (Å²) < 4.78 is 2.30. The van der Waals surface area contributed by atoms with Gasteiger partial charge in [-0.15, -0.1) is 0 Å². The molecule has 1 aliphatic rings. The van der Waals surface area contributed by atoms with Crippen LogP contribution in [0.15, 0.2) is 48.7 Å². The van der Waals surface area contributed by atoms with Crippen LogP contribution in [0, 0.1) is 20.8 Å². The molecule has 1 aliphatic heterocycles. The third kappa shape index (κ3) is 3.50. The van der Waals surface area contributed by atoms with Crippen molar-refractivity contribution in [3.63, 3.8) is 0 Å². The lowest BCUT2D eigenvalue weighted by Gasteiger charge is -2.31. The Bertz CT molecular complexity index is 1090. The molecule has 0 amide bonds. The Balaban J connectivity index is 1.88. The van der Waals surface area contributed by atoms with Crippen molar-refractivity contribution in [3.8, 4) is 5.69 Å². The van der Waals surface area contributed by atoms with E-state index in [0.29, 0.717) is 0 Å². The van der Waals surface area contributed by atoms with Crippen LogP contribution in [0.2, 0.25) is 5.02 Å². The molecule has 3 aromatic rings. The molecule has 4 rings (SSSR count). The van der Waals surface area contributed by atoms with E-state index in [1.54, 1.807) is 0 Å². The molecule has 1 fully saturated rings. The molecule has 1 aromatic carbocycles. The lowest BCUT2D eigenvalue weighted by atomic mass is 9.96. The number of aromatic nitrogens is 2. The lowest BCUT2D eigenvalue weighted by Crippen LogP contribution is -2.35. The number of benzene rings is 1. The zero-order valence-corrected chi connectivity index (χ0v) is 19.6. The summed E-state index contributed by atoms with van der Waals surface area (Å²) in [6.45, 7) is 10.8. The van der Waals surface area contributed by atoms with Crippen molar-refractivity contribution in [2.75, 3.05) is 0 Å². The molecule has 1 saturated heterocycles. The molecule has 0 saturated carbocycles. The van der Waals surface area contributed by atoms with Crippen molar-refractivity contribution >= 4 is 28.9 Å². The van der Waals surface area contributed by atoms with Gasteiger partial charge in [-0.2, -0.15) is 0 Å². The summed E-state index contributed by atoms with van der Waals surface area (Å²) >= 11 is 12.1. The molecule has 0 radical (unpaired) electrons. The number of halogens is 1. The third-order valence-corrected chi connectivity index (χ3v) is 6.46. The van der Waals surface area contributed by atoms with Crippen molar-refractivity contribution in [3.05, 3.63) is 81.9 Å². The standard InChI is InChI=1S/C24H27ClN4S/c1-14(2)28-23(22(27-24(28)30)20-8-6-7-11-26-20)19-12-16(4)29(17(19)5)21-13-18(25)10-9-15(21)3/h6-14,22-23H,1-5H3,(H,27,30). The zero-order chi connectivity index (χ0) is 21.6. The van der Waals surface area contributed by atoms with E-state index in [1.807, 2.05) is 30.5 Å². The van der Waals surface area contributed by atoms with Gasteiger partial charge in [0.1, 0.15) is 0 Å². The van der Waals surface area contributed by atoms with Crippen molar-refractivity contribution in [1.29, 1.82) is 0 Å². The number of nitrogens with zero attached hydrogens (tertiary/aromatic N) is 3. The largest absolute Gasteiger partial charge is 0.352 e. The summed E-state index contributed by atoms with van der Waals surface area (Å²) in [7, 11) is 0. The molecule has 2 unspecified atom stereocenters. The Kier molecular flexibility index (Phi) is 5.60. The van der Waals surface area contributed by atoms with Crippen LogP contribution in [0.25, 0.3) is 5.69 Å². The van der Waals surface area contributed by atoms with Crippen LogP contribution in [0.5, 0.6) is 0 Å². The molecule has 1 N–H and O–H groups in total. The summed E-state index contributed by atoms with van der Waals surface area (Å²) in [5.74, 6) is 0. The first-order chi connectivity index (χ1) is 14.3. The van der Waals surface area contributed by atoms with E-state index in [4.69, 9.17) is 23.8 Å². The van der Waals surface area contributed by atoms with Crippen molar-refractivity contribution in [2.45, 2.75) is 52.7 Å². The van der Waals surface area contributed by atoms with Gasteiger partial charge in [0.25, 0.3) is 0 Å². The van der Waals surface area contributed by atoms with E-state index < -0.39 is 0 Å². The normalized spacial score (nSPS) is 18.9. The second-order valence-corrected chi connectivity index (χ2v) is 9.04. The molecule has 0 spiro atoms. The highest BCUT2D eigenvalue weighted by atomic mass is 35.5. The molecular formula is C24H27ClN4S. The van der Waals surface area contributed by atoms with Crippen LogP contribution in [0.1, 0.15) is 54.1 Å². The highest BCUT2D eigenvalue weighted by Crippen LogP contribution is 2.42. The predicted octanol–water partition coefficient (Wildman–Crippen LogP) is 5.83. The lowest BCUT2D eigenvalue weighted by molar-refractivity contribution is 0.269. The van der Waals surface area contributed by atoms with Crippen molar-refractivity contribution < 1.29 is 0 Å². The number of aryl methyl sites for hydroxylation is 2. The quantitative estimate of drug-likeness (QED) is 0.519. The van der Waals surface area contributed by atoms with Crippen LogP contribution in [-0.4, -0.2) is 25.6 Å². The monoisotopic (exact) mass is 438 g/mol. The van der Waals surface area contributed by atoms with Gasteiger partial charge in [0.15, 0.2) is 5.11 Å². The van der Waals surface area contributed by atoms with Gasteiger partial charge in [0.05, 0.1) is 17.8 Å². The summed E-state index contributed by atoms with van der Waals surface area (Å²) in [6, 6.07) is 14.7. The Morgan fingerprint density at radius 3 is 2.53 bits per heavy atom. The van der Waals surface area contributed by atoms with Crippen LogP contribution >= 0.6 is 23.8 Å². The van der Waals surface area contributed by atoms with E-state index in [0.717, 1.165) is 21.5 Å². The highest BCUT2D eigenvalue weighted by Gasteiger charge is 2.42. The number of rotatable bonds is 4. The van der Waals surface area contributed by atoms with Crippen molar-refractivity contribution in [2.24, 2.45) is 0 Å². The van der Waals surface area contributed by atoms with E-state index in [2.05, 4.69) is 72.6 Å². The minimum absolute atomic E-state index is 0.00416. The third-order valence-electron chi connectivity index (χ3n) is 5.89. The maximum Gasteiger partial charge on any atom is 0.170 e. The second-order valence-electron chi connectivity index (χ2n) is 8.22.